The van der Waals surface area contributed by atoms with E-state index in [2.05, 4.69) is 21.0 Å². The van der Waals surface area contributed by atoms with E-state index in [0.717, 1.165) is 42.9 Å². The number of alkyl halides is 2. The molecule has 3 aliphatic rings. The molecule has 3 aliphatic carbocycles. The zero-order chi connectivity index (χ0) is 28.7. The van der Waals surface area contributed by atoms with E-state index in [1.54, 1.807) is 17.7 Å². The minimum absolute atomic E-state index is 0.0557. The maximum atomic E-state index is 15.2. The van der Waals surface area contributed by atoms with Crippen molar-refractivity contribution >= 4 is 23.4 Å². The van der Waals surface area contributed by atoms with Crippen molar-refractivity contribution in [1.82, 2.24) is 20.4 Å². The second-order valence-corrected chi connectivity index (χ2v) is 11.3. The molecule has 40 heavy (non-hydrogen) atoms. The Balaban J connectivity index is 1.30. The molecule has 214 valence electrons. The standard InChI is InChI=1S/C29H34F3N5O3/c1-14(2)37-23(10-11-33-37)28(39)36-25(24(16-4-5-16)17-6-7-17)29(40)34-21-9-8-18(12-20(21)30)15(3)27(38)35-22-13-19(22)26(31)32/h8-12,14-16,19,22,25-26H,4-7,13H2,1-3H3,(H,34,40)(H,35,38)(H,36,39)/t15-,19-,22+,25-/m0/s1. The van der Waals surface area contributed by atoms with Crippen LogP contribution in [-0.4, -0.2) is 46.0 Å². The molecule has 0 aliphatic heterocycles. The van der Waals surface area contributed by atoms with Crippen LogP contribution in [0.5, 0.6) is 0 Å². The highest BCUT2D eigenvalue weighted by Gasteiger charge is 2.45. The first kappa shape index (κ1) is 27.9. The number of carbonyl (C=O) groups is 3. The first-order valence-electron chi connectivity index (χ1n) is 13.8. The highest BCUT2D eigenvalue weighted by atomic mass is 19.3. The molecule has 3 amide bonds. The summed E-state index contributed by atoms with van der Waals surface area (Å²) in [5.41, 5.74) is 2.67. The van der Waals surface area contributed by atoms with Gasteiger partial charge in [-0.2, -0.15) is 5.10 Å². The van der Waals surface area contributed by atoms with Crippen LogP contribution in [0.25, 0.3) is 0 Å². The monoisotopic (exact) mass is 557 g/mol. The minimum atomic E-state index is -2.48. The fourth-order valence-electron chi connectivity index (χ4n) is 5.09. The predicted octanol–water partition coefficient (Wildman–Crippen LogP) is 4.71. The molecule has 1 aromatic carbocycles. The summed E-state index contributed by atoms with van der Waals surface area (Å²) in [5, 5.41) is 12.3. The lowest BCUT2D eigenvalue weighted by Crippen LogP contribution is -2.46. The molecule has 3 fully saturated rings. The van der Waals surface area contributed by atoms with E-state index in [0.29, 0.717) is 11.3 Å². The fraction of sp³-hybridized carbons (Fsp3) is 0.517. The number of carbonyl (C=O) groups excluding carboxylic acids is 3. The van der Waals surface area contributed by atoms with Crippen LogP contribution < -0.4 is 16.0 Å². The molecule has 0 bridgehead atoms. The lowest BCUT2D eigenvalue weighted by molar-refractivity contribution is -0.122. The quantitative estimate of drug-likeness (QED) is 0.348. The maximum Gasteiger partial charge on any atom is 0.270 e. The van der Waals surface area contributed by atoms with Crippen molar-refractivity contribution in [2.75, 3.05) is 5.32 Å². The molecular weight excluding hydrogens is 523 g/mol. The number of anilines is 1. The summed E-state index contributed by atoms with van der Waals surface area (Å²) in [6.45, 7) is 5.37. The van der Waals surface area contributed by atoms with E-state index in [1.165, 1.54) is 18.3 Å². The molecule has 11 heteroatoms. The number of nitrogens with zero attached hydrogens (tertiary/aromatic N) is 2. The summed E-state index contributed by atoms with van der Waals surface area (Å²) in [6, 6.07) is 4.07. The SMILES string of the molecule is CC(C)n1nccc1C(=O)N[C@H](C(=O)Nc1ccc([C@H](C)C(=O)N[C@@H]2C[C@@H]2C(F)F)cc1F)C(=C1CC1)C1CC1. The van der Waals surface area contributed by atoms with E-state index in [1.807, 2.05) is 13.8 Å². The summed E-state index contributed by atoms with van der Waals surface area (Å²) < 4.78 is 42.3. The summed E-state index contributed by atoms with van der Waals surface area (Å²) in [7, 11) is 0. The van der Waals surface area contributed by atoms with Crippen molar-refractivity contribution in [1.29, 1.82) is 0 Å². The molecule has 4 atom stereocenters. The summed E-state index contributed by atoms with van der Waals surface area (Å²) in [5.74, 6) is -3.57. The normalized spacial score (nSPS) is 21.1. The van der Waals surface area contributed by atoms with Gasteiger partial charge < -0.3 is 16.0 Å². The number of amides is 3. The van der Waals surface area contributed by atoms with Crippen molar-refractivity contribution in [3.8, 4) is 0 Å². The van der Waals surface area contributed by atoms with Gasteiger partial charge in [-0.1, -0.05) is 11.6 Å². The Hall–Kier alpha value is -3.63. The van der Waals surface area contributed by atoms with Crippen LogP contribution in [0.3, 0.4) is 0 Å². The van der Waals surface area contributed by atoms with Crippen molar-refractivity contribution in [2.24, 2.45) is 11.8 Å². The number of halogens is 3. The predicted molar refractivity (Wildman–Crippen MR) is 142 cm³/mol. The number of hydrogen-bond acceptors (Lipinski definition) is 4. The Morgan fingerprint density at radius 3 is 2.35 bits per heavy atom. The third-order valence-corrected chi connectivity index (χ3v) is 7.80. The zero-order valence-electron chi connectivity index (χ0n) is 22.7. The molecule has 0 radical (unpaired) electrons. The average Bonchev–Trinajstić information content (AvgIpc) is 3.80. The highest BCUT2D eigenvalue weighted by molar-refractivity contribution is 6.02. The van der Waals surface area contributed by atoms with Crippen molar-refractivity contribution < 1.29 is 27.6 Å². The fourth-order valence-corrected chi connectivity index (χ4v) is 5.09. The number of benzene rings is 1. The van der Waals surface area contributed by atoms with Crippen molar-refractivity contribution in [3.05, 3.63) is 58.7 Å². The van der Waals surface area contributed by atoms with Crippen LogP contribution in [0.15, 0.2) is 41.6 Å². The lowest BCUT2D eigenvalue weighted by Gasteiger charge is -2.23. The Labute approximate surface area is 230 Å². The largest absolute Gasteiger partial charge is 0.352 e. The summed E-state index contributed by atoms with van der Waals surface area (Å²) in [4.78, 5) is 39.3. The van der Waals surface area contributed by atoms with E-state index >= 15 is 4.39 Å². The molecule has 3 N–H and O–H groups in total. The van der Waals surface area contributed by atoms with Gasteiger partial charge >= 0.3 is 0 Å². The molecule has 0 spiro atoms. The van der Waals surface area contributed by atoms with E-state index in [9.17, 15) is 23.2 Å². The van der Waals surface area contributed by atoms with Gasteiger partial charge in [-0.25, -0.2) is 13.2 Å². The number of nitrogens with one attached hydrogen (secondary N) is 3. The molecular formula is C29H34F3N5O3. The van der Waals surface area contributed by atoms with Crippen LogP contribution in [0, 0.1) is 17.7 Å². The van der Waals surface area contributed by atoms with Gasteiger partial charge in [-0.3, -0.25) is 19.1 Å². The van der Waals surface area contributed by atoms with Crippen molar-refractivity contribution in [3.63, 3.8) is 0 Å². The van der Waals surface area contributed by atoms with Gasteiger partial charge in [0, 0.05) is 24.2 Å². The van der Waals surface area contributed by atoms with Gasteiger partial charge in [0.1, 0.15) is 17.6 Å². The Morgan fingerprint density at radius 2 is 1.77 bits per heavy atom. The molecule has 3 saturated carbocycles. The maximum absolute atomic E-state index is 15.2. The zero-order valence-corrected chi connectivity index (χ0v) is 22.7. The van der Waals surface area contributed by atoms with Crippen LogP contribution >= 0.6 is 0 Å². The number of allylic oxidation sites excluding steroid dienone is 1. The highest BCUT2D eigenvalue weighted by Crippen LogP contribution is 2.46. The van der Waals surface area contributed by atoms with Gasteiger partial charge in [0.25, 0.3) is 11.8 Å². The first-order chi connectivity index (χ1) is 19.0. The third kappa shape index (κ3) is 6.08. The van der Waals surface area contributed by atoms with E-state index in [4.69, 9.17) is 0 Å². The first-order valence-corrected chi connectivity index (χ1v) is 13.8. The number of hydrogen-bond donors (Lipinski definition) is 3. The Bertz CT molecular complexity index is 1340. The lowest BCUT2D eigenvalue weighted by atomic mass is 9.98. The van der Waals surface area contributed by atoms with Gasteiger partial charge in [0.2, 0.25) is 12.3 Å². The van der Waals surface area contributed by atoms with E-state index in [-0.39, 0.29) is 24.1 Å². The second-order valence-electron chi connectivity index (χ2n) is 11.3. The number of rotatable bonds is 11. The average molecular weight is 558 g/mol. The van der Waals surface area contributed by atoms with E-state index < -0.39 is 53.9 Å². The molecule has 8 nitrogen and oxygen atoms in total. The van der Waals surface area contributed by atoms with Crippen LogP contribution in [0.4, 0.5) is 18.9 Å². The topological polar surface area (TPSA) is 105 Å². The van der Waals surface area contributed by atoms with Gasteiger partial charge in [0.15, 0.2) is 0 Å². The third-order valence-electron chi connectivity index (χ3n) is 7.80. The number of aromatic nitrogens is 2. The molecule has 5 rings (SSSR count). The van der Waals surface area contributed by atoms with Gasteiger partial charge in [-0.15, -0.1) is 0 Å². The molecule has 1 heterocycles. The molecule has 0 saturated heterocycles. The second kappa shape index (κ2) is 11.1. The van der Waals surface area contributed by atoms with Crippen LogP contribution in [0.2, 0.25) is 0 Å². The Morgan fingerprint density at radius 1 is 1.05 bits per heavy atom. The van der Waals surface area contributed by atoms with Crippen molar-refractivity contribution in [2.45, 2.75) is 83.3 Å². The molecule has 0 unspecified atom stereocenters. The van der Waals surface area contributed by atoms with Gasteiger partial charge in [-0.05, 0) is 88.1 Å². The molecule has 1 aromatic heterocycles. The van der Waals surface area contributed by atoms with Crippen LogP contribution in [-0.2, 0) is 9.59 Å². The Kier molecular flexibility index (Phi) is 7.74. The minimum Gasteiger partial charge on any atom is -0.352 e. The molecule has 2 aromatic rings. The van der Waals surface area contributed by atoms with Gasteiger partial charge in [0.05, 0.1) is 11.6 Å². The van der Waals surface area contributed by atoms with Crippen LogP contribution in [0.1, 0.15) is 80.9 Å². The smallest absolute Gasteiger partial charge is 0.270 e. The summed E-state index contributed by atoms with van der Waals surface area (Å²) in [6.07, 6.45) is 2.89. The summed E-state index contributed by atoms with van der Waals surface area (Å²) >= 11 is 0.